The smallest absolute Gasteiger partial charge is 0.243 e. The highest BCUT2D eigenvalue weighted by atomic mass is 32.2. The van der Waals surface area contributed by atoms with E-state index in [9.17, 15) is 13.2 Å². The summed E-state index contributed by atoms with van der Waals surface area (Å²) in [6.07, 6.45) is 7.48. The first-order valence-electron chi connectivity index (χ1n) is 9.58. The molecule has 0 atom stereocenters. The summed E-state index contributed by atoms with van der Waals surface area (Å²) in [5.41, 5.74) is 2.56. The van der Waals surface area contributed by atoms with E-state index in [0.29, 0.717) is 24.3 Å². The Morgan fingerprint density at radius 3 is 2.34 bits per heavy atom. The van der Waals surface area contributed by atoms with E-state index in [0.717, 1.165) is 30.3 Å². The Balaban J connectivity index is 1.49. The Kier molecular flexibility index (Phi) is 5.51. The van der Waals surface area contributed by atoms with Crippen LogP contribution in [-0.4, -0.2) is 41.6 Å². The summed E-state index contributed by atoms with van der Waals surface area (Å²) in [5.74, 6) is -0.220. The molecule has 1 fully saturated rings. The van der Waals surface area contributed by atoms with Gasteiger partial charge in [-0.3, -0.25) is 9.78 Å². The van der Waals surface area contributed by atoms with Crippen LogP contribution in [0.25, 0.3) is 17.1 Å². The molecule has 1 saturated heterocycles. The predicted octanol–water partition coefficient (Wildman–Crippen LogP) is 3.70. The Morgan fingerprint density at radius 2 is 1.62 bits per heavy atom. The number of benzene rings is 2. The third kappa shape index (κ3) is 4.26. The molecule has 3 aromatic rings. The van der Waals surface area contributed by atoms with Gasteiger partial charge in [-0.2, -0.15) is 4.31 Å². The first kappa shape index (κ1) is 19.4. The van der Waals surface area contributed by atoms with Gasteiger partial charge in [0.05, 0.1) is 27.8 Å². The Morgan fingerprint density at radius 1 is 0.931 bits per heavy atom. The summed E-state index contributed by atoms with van der Waals surface area (Å²) in [6, 6.07) is 13.6. The lowest BCUT2D eigenvalue weighted by Crippen LogP contribution is -2.35. The molecule has 0 unspecified atom stereocenters. The summed E-state index contributed by atoms with van der Waals surface area (Å²) >= 11 is 0. The molecule has 148 valence electrons. The van der Waals surface area contributed by atoms with E-state index in [2.05, 4.69) is 9.97 Å². The summed E-state index contributed by atoms with van der Waals surface area (Å²) < 4.78 is 26.9. The second-order valence-corrected chi connectivity index (χ2v) is 8.91. The monoisotopic (exact) mass is 407 g/mol. The quantitative estimate of drug-likeness (QED) is 0.476. The molecule has 7 heteroatoms. The molecule has 4 rings (SSSR count). The van der Waals surface area contributed by atoms with Crippen LogP contribution in [0.4, 0.5) is 0 Å². The van der Waals surface area contributed by atoms with Crippen molar-refractivity contribution in [3.63, 3.8) is 0 Å². The highest BCUT2D eigenvalue weighted by Crippen LogP contribution is 2.21. The molecule has 1 aromatic heterocycles. The van der Waals surface area contributed by atoms with Crippen LogP contribution in [-0.2, 0) is 10.0 Å². The average Bonchev–Trinajstić information content (AvgIpc) is 2.78. The Bertz CT molecular complexity index is 1170. The number of sulfonamides is 1. The number of hydrogen-bond acceptors (Lipinski definition) is 5. The number of hydrogen-bond donors (Lipinski definition) is 0. The molecule has 2 aromatic carbocycles. The fourth-order valence-electron chi connectivity index (χ4n) is 3.35. The number of allylic oxidation sites excluding steroid dienone is 1. The lowest BCUT2D eigenvalue weighted by atomic mass is 10.1. The normalized spacial score (nSPS) is 15.7. The topological polar surface area (TPSA) is 80.2 Å². The number of fused-ring (bicyclic) bond motifs is 1. The summed E-state index contributed by atoms with van der Waals surface area (Å²) in [4.78, 5) is 21.4. The number of aromatic nitrogens is 2. The molecular formula is C22H21N3O3S. The number of rotatable bonds is 5. The SMILES string of the molecule is O=C(/C=C/c1cnc2ccccc2n1)c1ccc(S(=O)(=O)N2CCCCC2)cc1. The first-order chi connectivity index (χ1) is 14.0. The highest BCUT2D eigenvalue weighted by Gasteiger charge is 2.25. The van der Waals surface area contributed by atoms with Gasteiger partial charge < -0.3 is 0 Å². The second kappa shape index (κ2) is 8.23. The zero-order chi connectivity index (χ0) is 20.3. The highest BCUT2D eigenvalue weighted by molar-refractivity contribution is 7.89. The van der Waals surface area contributed by atoms with Crippen molar-refractivity contribution in [2.75, 3.05) is 13.1 Å². The van der Waals surface area contributed by atoms with E-state index in [-0.39, 0.29) is 10.7 Å². The van der Waals surface area contributed by atoms with Gasteiger partial charge in [-0.1, -0.05) is 18.6 Å². The van der Waals surface area contributed by atoms with Crippen molar-refractivity contribution < 1.29 is 13.2 Å². The van der Waals surface area contributed by atoms with E-state index in [1.165, 1.54) is 22.5 Å². The molecule has 0 amide bonds. The number of piperidine rings is 1. The number of ketones is 1. The van der Waals surface area contributed by atoms with Gasteiger partial charge in [0.2, 0.25) is 10.0 Å². The van der Waals surface area contributed by atoms with Gasteiger partial charge in [0.1, 0.15) is 0 Å². The molecule has 29 heavy (non-hydrogen) atoms. The maximum atomic E-state index is 12.7. The van der Waals surface area contributed by atoms with Crippen LogP contribution in [0.15, 0.2) is 65.7 Å². The molecule has 1 aliphatic rings. The van der Waals surface area contributed by atoms with Crippen LogP contribution >= 0.6 is 0 Å². The molecule has 0 spiro atoms. The van der Waals surface area contributed by atoms with E-state index < -0.39 is 10.0 Å². The molecule has 6 nitrogen and oxygen atoms in total. The summed E-state index contributed by atoms with van der Waals surface area (Å²) in [7, 11) is -3.49. The Labute approximate surface area is 170 Å². The van der Waals surface area contributed by atoms with E-state index in [1.54, 1.807) is 24.4 Å². The maximum absolute atomic E-state index is 12.7. The van der Waals surface area contributed by atoms with Crippen molar-refractivity contribution in [1.29, 1.82) is 0 Å². The molecular weight excluding hydrogens is 386 g/mol. The van der Waals surface area contributed by atoms with E-state index >= 15 is 0 Å². The number of carbonyl (C=O) groups is 1. The number of carbonyl (C=O) groups excluding carboxylic acids is 1. The molecule has 1 aliphatic heterocycles. The van der Waals surface area contributed by atoms with Crippen LogP contribution < -0.4 is 0 Å². The van der Waals surface area contributed by atoms with Crippen LogP contribution in [0.2, 0.25) is 0 Å². The molecule has 0 aliphatic carbocycles. The zero-order valence-electron chi connectivity index (χ0n) is 15.9. The molecule has 0 bridgehead atoms. The van der Waals surface area contributed by atoms with Gasteiger partial charge >= 0.3 is 0 Å². The van der Waals surface area contributed by atoms with Crippen molar-refractivity contribution in [3.8, 4) is 0 Å². The second-order valence-electron chi connectivity index (χ2n) is 6.97. The number of para-hydroxylation sites is 2. The summed E-state index contributed by atoms with van der Waals surface area (Å²) in [6.45, 7) is 1.11. The fourth-order valence-corrected chi connectivity index (χ4v) is 4.87. The standard InChI is InChI=1S/C22H21N3O3S/c26-22(13-10-18-16-23-20-6-2-3-7-21(20)24-18)17-8-11-19(12-9-17)29(27,28)25-14-4-1-5-15-25/h2-3,6-13,16H,1,4-5,14-15H2/b13-10+. The van der Waals surface area contributed by atoms with Gasteiger partial charge in [0.15, 0.2) is 5.78 Å². The average molecular weight is 407 g/mol. The fraction of sp³-hybridized carbons (Fsp3) is 0.227. The van der Waals surface area contributed by atoms with E-state index in [1.807, 2.05) is 24.3 Å². The van der Waals surface area contributed by atoms with Crippen molar-refractivity contribution >= 4 is 32.9 Å². The summed E-state index contributed by atoms with van der Waals surface area (Å²) in [5, 5.41) is 0. The van der Waals surface area contributed by atoms with Crippen LogP contribution in [0.3, 0.4) is 0 Å². The first-order valence-corrected chi connectivity index (χ1v) is 11.0. The molecule has 0 radical (unpaired) electrons. The lowest BCUT2D eigenvalue weighted by Gasteiger charge is -2.25. The van der Waals surface area contributed by atoms with Crippen LogP contribution in [0.1, 0.15) is 35.3 Å². The van der Waals surface area contributed by atoms with Crippen molar-refractivity contribution in [2.24, 2.45) is 0 Å². The van der Waals surface area contributed by atoms with Crippen molar-refractivity contribution in [2.45, 2.75) is 24.2 Å². The van der Waals surface area contributed by atoms with Crippen molar-refractivity contribution in [3.05, 3.63) is 72.1 Å². The van der Waals surface area contributed by atoms with Crippen molar-refractivity contribution in [1.82, 2.24) is 14.3 Å². The Hall–Kier alpha value is -2.90. The maximum Gasteiger partial charge on any atom is 0.243 e. The minimum atomic E-state index is -3.49. The minimum Gasteiger partial charge on any atom is -0.289 e. The van der Waals surface area contributed by atoms with Crippen LogP contribution in [0.5, 0.6) is 0 Å². The van der Waals surface area contributed by atoms with Gasteiger partial charge in [0, 0.05) is 18.7 Å². The third-order valence-corrected chi connectivity index (χ3v) is 6.88. The van der Waals surface area contributed by atoms with Crippen LogP contribution in [0, 0.1) is 0 Å². The van der Waals surface area contributed by atoms with Gasteiger partial charge in [-0.15, -0.1) is 0 Å². The number of nitrogens with zero attached hydrogens (tertiary/aromatic N) is 3. The lowest BCUT2D eigenvalue weighted by molar-refractivity contribution is 0.104. The third-order valence-electron chi connectivity index (χ3n) is 4.96. The molecule has 2 heterocycles. The minimum absolute atomic E-state index is 0.220. The van der Waals surface area contributed by atoms with Gasteiger partial charge in [-0.05, 0) is 61.4 Å². The van der Waals surface area contributed by atoms with E-state index in [4.69, 9.17) is 0 Å². The van der Waals surface area contributed by atoms with Gasteiger partial charge in [0.25, 0.3) is 0 Å². The predicted molar refractivity (Wildman–Crippen MR) is 112 cm³/mol. The zero-order valence-corrected chi connectivity index (χ0v) is 16.7. The molecule has 0 N–H and O–H groups in total. The molecule has 0 saturated carbocycles. The largest absolute Gasteiger partial charge is 0.289 e. The van der Waals surface area contributed by atoms with Gasteiger partial charge in [-0.25, -0.2) is 13.4 Å².